The number of pyridine rings is 1. The predicted molar refractivity (Wildman–Crippen MR) is 71.0 cm³/mol. The first-order valence-corrected chi connectivity index (χ1v) is 6.34. The van der Waals surface area contributed by atoms with Gasteiger partial charge in [0, 0.05) is 18.4 Å². The molecule has 0 aliphatic heterocycles. The van der Waals surface area contributed by atoms with Crippen molar-refractivity contribution in [3.8, 4) is 0 Å². The highest BCUT2D eigenvalue weighted by Gasteiger charge is 2.26. The number of carbonyl (C=O) groups excluding carboxylic acids is 1. The Balaban J connectivity index is 2.74. The molecule has 1 rings (SSSR count). The highest BCUT2D eigenvalue weighted by molar-refractivity contribution is 5.76. The number of nitrogens with zero attached hydrogens (tertiary/aromatic N) is 1. The lowest BCUT2D eigenvalue weighted by Crippen LogP contribution is -2.43. The molecule has 1 N–H and O–H groups in total. The van der Waals surface area contributed by atoms with E-state index in [1.54, 1.807) is 6.20 Å². The minimum Gasteiger partial charge on any atom is -0.468 e. The fourth-order valence-corrected chi connectivity index (χ4v) is 1.82. The lowest BCUT2D eigenvalue weighted by molar-refractivity contribution is -0.144. The predicted octanol–water partition coefficient (Wildman–Crippen LogP) is 2.32. The second-order valence-corrected chi connectivity index (χ2v) is 4.56. The van der Waals surface area contributed by atoms with Crippen LogP contribution in [0.1, 0.15) is 38.8 Å². The Hall–Kier alpha value is -1.42. The van der Waals surface area contributed by atoms with Gasteiger partial charge in [-0.15, -0.1) is 0 Å². The third-order valence-corrected chi connectivity index (χ3v) is 3.28. The van der Waals surface area contributed by atoms with Crippen LogP contribution in [-0.2, 0) is 9.53 Å². The van der Waals surface area contributed by atoms with Crippen molar-refractivity contribution in [2.45, 2.75) is 39.3 Å². The van der Waals surface area contributed by atoms with Gasteiger partial charge in [0.2, 0.25) is 0 Å². The van der Waals surface area contributed by atoms with E-state index in [-0.39, 0.29) is 24.0 Å². The maximum Gasteiger partial charge on any atom is 0.323 e. The minimum atomic E-state index is -0.282. The zero-order valence-corrected chi connectivity index (χ0v) is 11.5. The molecule has 0 radical (unpaired) electrons. The standard InChI is InChI=1S/C14H22N2O2/c1-5-10(2)13(14(17)18-4)16-11(3)12-7-6-8-15-9-12/h6-11,13,16H,5H2,1-4H3. The molecule has 0 spiro atoms. The number of carbonyl (C=O) groups is 1. The molecule has 18 heavy (non-hydrogen) atoms. The number of hydrogen-bond acceptors (Lipinski definition) is 4. The van der Waals surface area contributed by atoms with Crippen LogP contribution in [-0.4, -0.2) is 24.1 Å². The molecule has 0 aliphatic carbocycles. The third kappa shape index (κ3) is 3.81. The summed E-state index contributed by atoms with van der Waals surface area (Å²) >= 11 is 0. The van der Waals surface area contributed by atoms with Crippen molar-refractivity contribution in [2.24, 2.45) is 5.92 Å². The van der Waals surface area contributed by atoms with E-state index in [1.165, 1.54) is 7.11 Å². The number of ether oxygens (including phenoxy) is 1. The molecule has 4 heteroatoms. The van der Waals surface area contributed by atoms with Gasteiger partial charge in [0.15, 0.2) is 0 Å². The van der Waals surface area contributed by atoms with Crippen LogP contribution in [0.15, 0.2) is 24.5 Å². The van der Waals surface area contributed by atoms with Crippen molar-refractivity contribution in [1.82, 2.24) is 10.3 Å². The molecule has 0 aliphatic rings. The maximum atomic E-state index is 11.8. The summed E-state index contributed by atoms with van der Waals surface area (Å²) in [7, 11) is 1.42. The van der Waals surface area contributed by atoms with Crippen molar-refractivity contribution in [3.63, 3.8) is 0 Å². The largest absolute Gasteiger partial charge is 0.468 e. The lowest BCUT2D eigenvalue weighted by atomic mass is 9.97. The second-order valence-electron chi connectivity index (χ2n) is 4.56. The van der Waals surface area contributed by atoms with E-state index in [1.807, 2.05) is 32.2 Å². The fourth-order valence-electron chi connectivity index (χ4n) is 1.82. The van der Waals surface area contributed by atoms with Crippen LogP contribution in [0.4, 0.5) is 0 Å². The zero-order valence-electron chi connectivity index (χ0n) is 11.5. The summed E-state index contributed by atoms with van der Waals surface area (Å²) in [5.74, 6) is 0.0247. The monoisotopic (exact) mass is 250 g/mol. The van der Waals surface area contributed by atoms with Crippen molar-refractivity contribution >= 4 is 5.97 Å². The van der Waals surface area contributed by atoms with Gasteiger partial charge in [-0.05, 0) is 24.5 Å². The molecule has 1 aromatic rings. The number of methoxy groups -OCH3 is 1. The van der Waals surface area contributed by atoms with Crippen molar-refractivity contribution in [1.29, 1.82) is 0 Å². The molecule has 0 saturated heterocycles. The normalized spacial score (nSPS) is 15.8. The molecule has 0 bridgehead atoms. The fraction of sp³-hybridized carbons (Fsp3) is 0.571. The summed E-state index contributed by atoms with van der Waals surface area (Å²) in [4.78, 5) is 15.9. The number of hydrogen-bond donors (Lipinski definition) is 1. The lowest BCUT2D eigenvalue weighted by Gasteiger charge is -2.25. The van der Waals surface area contributed by atoms with Crippen LogP contribution >= 0.6 is 0 Å². The second kappa shape index (κ2) is 7.11. The van der Waals surface area contributed by atoms with E-state index in [4.69, 9.17) is 4.74 Å². The first-order chi connectivity index (χ1) is 8.60. The Labute approximate surface area is 109 Å². The number of nitrogens with one attached hydrogen (secondary N) is 1. The Morgan fingerprint density at radius 1 is 1.50 bits per heavy atom. The van der Waals surface area contributed by atoms with E-state index >= 15 is 0 Å². The number of aromatic nitrogens is 1. The molecule has 3 unspecified atom stereocenters. The minimum absolute atomic E-state index is 0.0665. The van der Waals surface area contributed by atoms with Gasteiger partial charge in [-0.1, -0.05) is 26.3 Å². The highest BCUT2D eigenvalue weighted by Crippen LogP contribution is 2.16. The summed E-state index contributed by atoms with van der Waals surface area (Å²) in [5.41, 5.74) is 1.06. The Bertz CT molecular complexity index is 367. The van der Waals surface area contributed by atoms with Gasteiger partial charge in [0.05, 0.1) is 7.11 Å². The summed E-state index contributed by atoms with van der Waals surface area (Å²) in [6, 6.07) is 3.67. The topological polar surface area (TPSA) is 51.2 Å². The summed E-state index contributed by atoms with van der Waals surface area (Å²) in [6.45, 7) is 6.14. The average molecular weight is 250 g/mol. The van der Waals surface area contributed by atoms with Crippen molar-refractivity contribution in [2.75, 3.05) is 7.11 Å². The first kappa shape index (κ1) is 14.6. The summed E-state index contributed by atoms with van der Waals surface area (Å²) in [6.07, 6.45) is 4.47. The SMILES string of the molecule is CCC(C)C(NC(C)c1cccnc1)C(=O)OC. The van der Waals surface area contributed by atoms with E-state index in [2.05, 4.69) is 17.2 Å². The molecule has 0 aromatic carbocycles. The molecule has 3 atom stereocenters. The van der Waals surface area contributed by atoms with Gasteiger partial charge in [0.1, 0.15) is 6.04 Å². The molecule has 0 saturated carbocycles. The van der Waals surface area contributed by atoms with Crippen molar-refractivity contribution in [3.05, 3.63) is 30.1 Å². The first-order valence-electron chi connectivity index (χ1n) is 6.34. The molecular formula is C14H22N2O2. The van der Waals surface area contributed by atoms with E-state index in [0.717, 1.165) is 12.0 Å². The molecular weight excluding hydrogens is 228 g/mol. The van der Waals surface area contributed by atoms with Crippen LogP contribution in [0.2, 0.25) is 0 Å². The van der Waals surface area contributed by atoms with Crippen LogP contribution < -0.4 is 5.32 Å². The number of rotatable bonds is 6. The van der Waals surface area contributed by atoms with Gasteiger partial charge in [-0.2, -0.15) is 0 Å². The zero-order chi connectivity index (χ0) is 13.5. The summed E-state index contributed by atoms with van der Waals surface area (Å²) in [5, 5.41) is 3.32. The Kier molecular flexibility index (Phi) is 5.78. The molecule has 4 nitrogen and oxygen atoms in total. The summed E-state index contributed by atoms with van der Waals surface area (Å²) < 4.78 is 4.86. The molecule has 0 fully saturated rings. The molecule has 100 valence electrons. The van der Waals surface area contributed by atoms with Crippen LogP contribution in [0, 0.1) is 5.92 Å². The smallest absolute Gasteiger partial charge is 0.323 e. The highest BCUT2D eigenvalue weighted by atomic mass is 16.5. The Morgan fingerprint density at radius 2 is 2.22 bits per heavy atom. The Morgan fingerprint density at radius 3 is 2.72 bits per heavy atom. The molecule has 0 amide bonds. The molecule has 1 aromatic heterocycles. The number of esters is 1. The van der Waals surface area contributed by atoms with Crippen LogP contribution in [0.25, 0.3) is 0 Å². The van der Waals surface area contributed by atoms with E-state index in [9.17, 15) is 4.79 Å². The van der Waals surface area contributed by atoms with Gasteiger partial charge in [-0.25, -0.2) is 0 Å². The van der Waals surface area contributed by atoms with E-state index < -0.39 is 0 Å². The molecule has 1 heterocycles. The quantitative estimate of drug-likeness (QED) is 0.787. The average Bonchev–Trinajstić information content (AvgIpc) is 2.43. The third-order valence-electron chi connectivity index (χ3n) is 3.28. The van der Waals surface area contributed by atoms with Gasteiger partial charge in [0.25, 0.3) is 0 Å². The van der Waals surface area contributed by atoms with Gasteiger partial charge >= 0.3 is 5.97 Å². The van der Waals surface area contributed by atoms with Crippen molar-refractivity contribution < 1.29 is 9.53 Å². The van der Waals surface area contributed by atoms with E-state index in [0.29, 0.717) is 0 Å². The van der Waals surface area contributed by atoms with Crippen LogP contribution in [0.3, 0.4) is 0 Å². The van der Waals surface area contributed by atoms with Gasteiger partial charge < -0.3 is 4.74 Å². The van der Waals surface area contributed by atoms with Crippen LogP contribution in [0.5, 0.6) is 0 Å². The maximum absolute atomic E-state index is 11.8. The van der Waals surface area contributed by atoms with Gasteiger partial charge in [-0.3, -0.25) is 15.1 Å².